The van der Waals surface area contributed by atoms with Gasteiger partial charge in [-0.2, -0.15) is 0 Å². The summed E-state index contributed by atoms with van der Waals surface area (Å²) >= 11 is 5.92. The molecule has 0 saturated heterocycles. The molecule has 0 aromatic heterocycles. The van der Waals surface area contributed by atoms with Gasteiger partial charge in [0.05, 0.1) is 12.0 Å². The highest BCUT2D eigenvalue weighted by molar-refractivity contribution is 6.30. The molecule has 4 heteroatoms. The van der Waals surface area contributed by atoms with E-state index in [0.717, 1.165) is 31.2 Å². The number of benzene rings is 1. The Balaban J connectivity index is 1.97. The van der Waals surface area contributed by atoms with Gasteiger partial charge < -0.3 is 10.4 Å². The fourth-order valence-corrected chi connectivity index (χ4v) is 3.05. The van der Waals surface area contributed by atoms with E-state index in [-0.39, 0.29) is 17.8 Å². The molecule has 0 aliphatic heterocycles. The second kappa shape index (κ2) is 7.92. The second-order valence-electron chi connectivity index (χ2n) is 5.84. The Hall–Kier alpha value is -0.900. The molecule has 2 N–H and O–H groups in total. The van der Waals surface area contributed by atoms with E-state index in [1.54, 1.807) is 0 Å². The molecule has 21 heavy (non-hydrogen) atoms. The van der Waals surface area contributed by atoms with E-state index in [9.17, 15) is 9.90 Å². The lowest BCUT2D eigenvalue weighted by Crippen LogP contribution is -2.38. The largest absolute Gasteiger partial charge is 0.393 e. The second-order valence-corrected chi connectivity index (χ2v) is 6.27. The van der Waals surface area contributed by atoms with Gasteiger partial charge in [0, 0.05) is 24.0 Å². The Morgan fingerprint density at radius 3 is 2.48 bits per heavy atom. The van der Waals surface area contributed by atoms with Crippen LogP contribution in [0.25, 0.3) is 0 Å². The summed E-state index contributed by atoms with van der Waals surface area (Å²) in [4.78, 5) is 12.2. The van der Waals surface area contributed by atoms with Crippen molar-refractivity contribution in [3.8, 4) is 0 Å². The number of halogens is 1. The minimum Gasteiger partial charge on any atom is -0.393 e. The van der Waals surface area contributed by atoms with Crippen LogP contribution in [0.3, 0.4) is 0 Å². The van der Waals surface area contributed by atoms with Gasteiger partial charge in [0.2, 0.25) is 0 Å². The number of hydrogen-bond donors (Lipinski definition) is 2. The Morgan fingerprint density at radius 1 is 1.29 bits per heavy atom. The number of Topliss-reactive ketones (excluding diaryl/α,β-unsaturated/α-hetero) is 1. The van der Waals surface area contributed by atoms with Gasteiger partial charge in [0.1, 0.15) is 5.78 Å². The maximum atomic E-state index is 12.2. The van der Waals surface area contributed by atoms with Crippen molar-refractivity contribution < 1.29 is 9.90 Å². The molecular formula is C17H24ClNO2. The fourth-order valence-electron chi connectivity index (χ4n) is 2.92. The van der Waals surface area contributed by atoms with Gasteiger partial charge in [-0.25, -0.2) is 0 Å². The third-order valence-electron chi connectivity index (χ3n) is 4.32. The normalized spacial score (nSPS) is 23.8. The van der Waals surface area contributed by atoms with Crippen molar-refractivity contribution in [2.24, 2.45) is 0 Å². The summed E-state index contributed by atoms with van der Waals surface area (Å²) in [5.41, 5.74) is 1.02. The van der Waals surface area contributed by atoms with Crippen LogP contribution in [0, 0.1) is 0 Å². The summed E-state index contributed by atoms with van der Waals surface area (Å²) in [6.45, 7) is 2.57. The molecule has 1 aliphatic carbocycles. The van der Waals surface area contributed by atoms with Gasteiger partial charge >= 0.3 is 0 Å². The van der Waals surface area contributed by atoms with Crippen molar-refractivity contribution in [2.45, 2.75) is 57.1 Å². The fraction of sp³-hybridized carbons (Fsp3) is 0.588. The molecule has 1 fully saturated rings. The molecule has 0 spiro atoms. The molecule has 0 bridgehead atoms. The lowest BCUT2D eigenvalue weighted by molar-refractivity contribution is -0.120. The van der Waals surface area contributed by atoms with E-state index in [1.807, 2.05) is 31.2 Å². The predicted molar refractivity (Wildman–Crippen MR) is 85.8 cm³/mol. The Kier molecular flexibility index (Phi) is 6.22. The first kappa shape index (κ1) is 16.5. The highest BCUT2D eigenvalue weighted by Crippen LogP contribution is 2.22. The highest BCUT2D eigenvalue weighted by atomic mass is 35.5. The SMILES string of the molecule is CCC(=O)C(CNC1CCC(O)CC1)c1ccc(Cl)cc1. The summed E-state index contributed by atoms with van der Waals surface area (Å²) in [6, 6.07) is 7.96. The smallest absolute Gasteiger partial charge is 0.141 e. The molecule has 0 amide bonds. The van der Waals surface area contributed by atoms with Crippen LogP contribution < -0.4 is 5.32 Å². The van der Waals surface area contributed by atoms with Crippen molar-refractivity contribution >= 4 is 17.4 Å². The molecular weight excluding hydrogens is 286 g/mol. The van der Waals surface area contributed by atoms with Crippen molar-refractivity contribution in [3.63, 3.8) is 0 Å². The first-order valence-electron chi connectivity index (χ1n) is 7.79. The van der Waals surface area contributed by atoms with E-state index >= 15 is 0 Å². The van der Waals surface area contributed by atoms with Crippen molar-refractivity contribution in [2.75, 3.05) is 6.54 Å². The quantitative estimate of drug-likeness (QED) is 0.847. The maximum Gasteiger partial charge on any atom is 0.141 e. The zero-order valence-corrected chi connectivity index (χ0v) is 13.3. The number of carbonyl (C=O) groups is 1. The summed E-state index contributed by atoms with van der Waals surface area (Å²) in [6.07, 6.45) is 4.06. The minimum atomic E-state index is -0.146. The van der Waals surface area contributed by atoms with Crippen molar-refractivity contribution in [3.05, 3.63) is 34.9 Å². The van der Waals surface area contributed by atoms with Gasteiger partial charge in [0.15, 0.2) is 0 Å². The van der Waals surface area contributed by atoms with Crippen LogP contribution in [0.2, 0.25) is 5.02 Å². The van der Waals surface area contributed by atoms with Crippen LogP contribution in [0.1, 0.15) is 50.5 Å². The zero-order chi connectivity index (χ0) is 15.2. The summed E-state index contributed by atoms with van der Waals surface area (Å²) in [5.74, 6) is 0.139. The molecule has 1 aromatic rings. The number of aliphatic hydroxyl groups excluding tert-OH is 1. The number of aliphatic hydroxyl groups is 1. The third kappa shape index (κ3) is 4.80. The molecule has 1 saturated carbocycles. The molecule has 1 aliphatic rings. The van der Waals surface area contributed by atoms with E-state index in [4.69, 9.17) is 11.6 Å². The summed E-state index contributed by atoms with van der Waals surface area (Å²) in [5, 5.41) is 13.7. The molecule has 2 rings (SSSR count). The summed E-state index contributed by atoms with van der Waals surface area (Å²) in [7, 11) is 0. The Bertz CT molecular complexity index is 452. The van der Waals surface area contributed by atoms with Crippen molar-refractivity contribution in [1.29, 1.82) is 0 Å². The average molecular weight is 310 g/mol. The van der Waals surface area contributed by atoms with Gasteiger partial charge in [-0.15, -0.1) is 0 Å². The number of nitrogens with one attached hydrogen (secondary N) is 1. The van der Waals surface area contributed by atoms with Crippen LogP contribution in [0.5, 0.6) is 0 Å². The molecule has 0 radical (unpaired) electrons. The molecule has 3 nitrogen and oxygen atoms in total. The lowest BCUT2D eigenvalue weighted by Gasteiger charge is -2.28. The first-order chi connectivity index (χ1) is 10.1. The van der Waals surface area contributed by atoms with Crippen LogP contribution in [-0.4, -0.2) is 29.6 Å². The number of rotatable bonds is 6. The molecule has 1 aromatic carbocycles. The van der Waals surface area contributed by atoms with Crippen LogP contribution in [0.4, 0.5) is 0 Å². The Labute approximate surface area is 131 Å². The summed E-state index contributed by atoms with van der Waals surface area (Å²) < 4.78 is 0. The minimum absolute atomic E-state index is 0.112. The van der Waals surface area contributed by atoms with E-state index in [0.29, 0.717) is 24.0 Å². The average Bonchev–Trinajstić information content (AvgIpc) is 2.50. The van der Waals surface area contributed by atoms with E-state index in [1.165, 1.54) is 0 Å². The maximum absolute atomic E-state index is 12.2. The van der Waals surface area contributed by atoms with Gasteiger partial charge in [-0.3, -0.25) is 4.79 Å². The molecule has 1 unspecified atom stereocenters. The highest BCUT2D eigenvalue weighted by Gasteiger charge is 2.23. The number of ketones is 1. The van der Waals surface area contributed by atoms with Crippen LogP contribution in [0.15, 0.2) is 24.3 Å². The molecule has 116 valence electrons. The van der Waals surface area contributed by atoms with Crippen molar-refractivity contribution in [1.82, 2.24) is 5.32 Å². The topological polar surface area (TPSA) is 49.3 Å². The molecule has 1 atom stereocenters. The zero-order valence-electron chi connectivity index (χ0n) is 12.5. The monoisotopic (exact) mass is 309 g/mol. The number of hydrogen-bond acceptors (Lipinski definition) is 3. The number of carbonyl (C=O) groups excluding carboxylic acids is 1. The molecule has 0 heterocycles. The van der Waals surface area contributed by atoms with E-state index < -0.39 is 0 Å². The van der Waals surface area contributed by atoms with Crippen LogP contribution >= 0.6 is 11.6 Å². The van der Waals surface area contributed by atoms with Crippen LogP contribution in [-0.2, 0) is 4.79 Å². The Morgan fingerprint density at radius 2 is 1.90 bits per heavy atom. The van der Waals surface area contributed by atoms with Gasteiger partial charge in [0.25, 0.3) is 0 Å². The van der Waals surface area contributed by atoms with E-state index in [2.05, 4.69) is 5.32 Å². The van der Waals surface area contributed by atoms with Gasteiger partial charge in [-0.1, -0.05) is 30.7 Å². The third-order valence-corrected chi connectivity index (χ3v) is 4.57. The predicted octanol–water partition coefficient (Wildman–Crippen LogP) is 3.30. The first-order valence-corrected chi connectivity index (χ1v) is 8.17. The lowest BCUT2D eigenvalue weighted by atomic mass is 9.90. The standard InChI is InChI=1S/C17H24ClNO2/c1-2-17(21)16(12-3-5-13(18)6-4-12)11-19-14-7-9-15(20)10-8-14/h3-6,14-16,19-20H,2,7-11H2,1H3. The van der Waals surface area contributed by atoms with Gasteiger partial charge in [-0.05, 0) is 43.4 Å².